The normalized spacial score (nSPS) is 15.8. The van der Waals surface area contributed by atoms with E-state index in [1.807, 2.05) is 25.1 Å². The van der Waals surface area contributed by atoms with Gasteiger partial charge < -0.3 is 5.11 Å². The van der Waals surface area contributed by atoms with Crippen LogP contribution in [0.25, 0.3) is 10.8 Å². The maximum Gasteiger partial charge on any atom is 0.0916 e. The molecule has 1 heteroatoms. The standard InChI is InChI=1S/C16H20O/c1-15(2,3)16(4,17)14-10-9-12-7-5-6-8-13(12)11-14/h5-11,17H,1-4H3. The molecular formula is C16H20O. The third-order valence-corrected chi connectivity index (χ3v) is 3.77. The predicted octanol–water partition coefficient (Wildman–Crippen LogP) is 4.09. The molecule has 1 N–H and O–H groups in total. The van der Waals surface area contributed by atoms with Crippen LogP contribution < -0.4 is 0 Å². The lowest BCUT2D eigenvalue weighted by Crippen LogP contribution is -2.36. The Kier molecular flexibility index (Phi) is 2.75. The predicted molar refractivity (Wildman–Crippen MR) is 73.0 cm³/mol. The van der Waals surface area contributed by atoms with Crippen LogP contribution in [-0.2, 0) is 5.60 Å². The number of hydrogen-bond acceptors (Lipinski definition) is 1. The van der Waals surface area contributed by atoms with Crippen molar-refractivity contribution in [3.8, 4) is 0 Å². The first-order valence-electron chi connectivity index (χ1n) is 6.04. The molecule has 1 atom stereocenters. The van der Waals surface area contributed by atoms with Gasteiger partial charge in [-0.1, -0.05) is 57.2 Å². The topological polar surface area (TPSA) is 20.2 Å². The Balaban J connectivity index is 2.57. The summed E-state index contributed by atoms with van der Waals surface area (Å²) < 4.78 is 0. The van der Waals surface area contributed by atoms with Crippen LogP contribution in [0.1, 0.15) is 33.3 Å². The summed E-state index contributed by atoms with van der Waals surface area (Å²) in [6.45, 7) is 8.06. The van der Waals surface area contributed by atoms with Crippen LogP contribution in [0, 0.1) is 5.41 Å². The number of benzene rings is 2. The molecule has 2 aromatic carbocycles. The fourth-order valence-electron chi connectivity index (χ4n) is 1.93. The van der Waals surface area contributed by atoms with Crippen molar-refractivity contribution < 1.29 is 5.11 Å². The molecule has 2 aromatic rings. The molecular weight excluding hydrogens is 208 g/mol. The second kappa shape index (κ2) is 3.85. The molecule has 90 valence electrons. The summed E-state index contributed by atoms with van der Waals surface area (Å²) in [7, 11) is 0. The smallest absolute Gasteiger partial charge is 0.0916 e. The number of aliphatic hydroxyl groups is 1. The summed E-state index contributed by atoms with van der Waals surface area (Å²) in [4.78, 5) is 0. The Morgan fingerprint density at radius 3 is 2.00 bits per heavy atom. The maximum atomic E-state index is 10.7. The molecule has 0 saturated heterocycles. The van der Waals surface area contributed by atoms with E-state index in [9.17, 15) is 5.11 Å². The van der Waals surface area contributed by atoms with Gasteiger partial charge in [0.05, 0.1) is 5.60 Å². The summed E-state index contributed by atoms with van der Waals surface area (Å²) in [5.74, 6) is 0. The van der Waals surface area contributed by atoms with Crippen LogP contribution in [0.4, 0.5) is 0 Å². The van der Waals surface area contributed by atoms with Crippen molar-refractivity contribution in [2.24, 2.45) is 5.41 Å². The van der Waals surface area contributed by atoms with Gasteiger partial charge in [0.1, 0.15) is 0 Å². The quantitative estimate of drug-likeness (QED) is 0.779. The van der Waals surface area contributed by atoms with Gasteiger partial charge in [0, 0.05) is 0 Å². The molecule has 1 nitrogen and oxygen atoms in total. The molecule has 0 aliphatic carbocycles. The van der Waals surface area contributed by atoms with Crippen LogP contribution in [-0.4, -0.2) is 5.11 Å². The molecule has 0 aromatic heterocycles. The molecule has 1 unspecified atom stereocenters. The second-order valence-corrected chi connectivity index (χ2v) is 5.88. The summed E-state index contributed by atoms with van der Waals surface area (Å²) in [5.41, 5.74) is -0.0318. The van der Waals surface area contributed by atoms with E-state index in [0.717, 1.165) is 5.56 Å². The third kappa shape index (κ3) is 2.07. The minimum atomic E-state index is -0.822. The van der Waals surface area contributed by atoms with Crippen molar-refractivity contribution in [2.75, 3.05) is 0 Å². The molecule has 0 radical (unpaired) electrons. The molecule has 0 spiro atoms. The maximum absolute atomic E-state index is 10.7. The molecule has 0 heterocycles. The lowest BCUT2D eigenvalue weighted by molar-refractivity contribution is -0.0469. The van der Waals surface area contributed by atoms with Crippen LogP contribution in [0.5, 0.6) is 0 Å². The van der Waals surface area contributed by atoms with Gasteiger partial charge in [-0.3, -0.25) is 0 Å². The highest BCUT2D eigenvalue weighted by Gasteiger charge is 2.36. The summed E-state index contributed by atoms with van der Waals surface area (Å²) >= 11 is 0. The SMILES string of the molecule is CC(C)(C)C(C)(O)c1ccc2ccccc2c1. The highest BCUT2D eigenvalue weighted by molar-refractivity contribution is 5.83. The van der Waals surface area contributed by atoms with Gasteiger partial charge in [-0.15, -0.1) is 0 Å². The highest BCUT2D eigenvalue weighted by Crippen LogP contribution is 2.39. The first kappa shape index (κ1) is 12.1. The minimum Gasteiger partial charge on any atom is -0.385 e. The van der Waals surface area contributed by atoms with Crippen LogP contribution in [0.3, 0.4) is 0 Å². The average molecular weight is 228 g/mol. The molecule has 0 aliphatic heterocycles. The summed E-state index contributed by atoms with van der Waals surface area (Å²) in [6.07, 6.45) is 0. The van der Waals surface area contributed by atoms with E-state index in [2.05, 4.69) is 45.0 Å². The molecule has 0 aliphatic rings. The van der Waals surface area contributed by atoms with Crippen molar-refractivity contribution in [3.63, 3.8) is 0 Å². The van der Waals surface area contributed by atoms with Crippen LogP contribution in [0.15, 0.2) is 42.5 Å². The third-order valence-electron chi connectivity index (χ3n) is 3.77. The van der Waals surface area contributed by atoms with Crippen molar-refractivity contribution in [1.29, 1.82) is 0 Å². The fourth-order valence-corrected chi connectivity index (χ4v) is 1.93. The fraction of sp³-hybridized carbons (Fsp3) is 0.375. The van der Waals surface area contributed by atoms with Gasteiger partial charge in [0.25, 0.3) is 0 Å². The van der Waals surface area contributed by atoms with E-state index in [-0.39, 0.29) is 5.41 Å². The van der Waals surface area contributed by atoms with Crippen LogP contribution in [0.2, 0.25) is 0 Å². The van der Waals surface area contributed by atoms with Crippen molar-refractivity contribution in [3.05, 3.63) is 48.0 Å². The lowest BCUT2D eigenvalue weighted by atomic mass is 9.73. The zero-order valence-corrected chi connectivity index (χ0v) is 11.0. The zero-order valence-electron chi connectivity index (χ0n) is 11.0. The Bertz CT molecular complexity index is 532. The largest absolute Gasteiger partial charge is 0.385 e. The Morgan fingerprint density at radius 2 is 1.41 bits per heavy atom. The van der Waals surface area contributed by atoms with E-state index in [0.29, 0.717) is 0 Å². The van der Waals surface area contributed by atoms with E-state index >= 15 is 0 Å². The Labute approximate surface area is 103 Å². The molecule has 0 fully saturated rings. The summed E-state index contributed by atoms with van der Waals surface area (Å²) in [5, 5.41) is 13.1. The number of rotatable bonds is 1. The van der Waals surface area contributed by atoms with Crippen molar-refractivity contribution in [1.82, 2.24) is 0 Å². The molecule has 0 saturated carbocycles. The number of fused-ring (bicyclic) bond motifs is 1. The van der Waals surface area contributed by atoms with Crippen molar-refractivity contribution >= 4 is 10.8 Å². The Hall–Kier alpha value is -1.34. The zero-order chi connectivity index (χ0) is 12.7. The second-order valence-electron chi connectivity index (χ2n) is 5.88. The molecule has 2 rings (SSSR count). The highest BCUT2D eigenvalue weighted by atomic mass is 16.3. The van der Waals surface area contributed by atoms with Crippen LogP contribution >= 0.6 is 0 Å². The minimum absolute atomic E-state index is 0.185. The average Bonchev–Trinajstić information content (AvgIpc) is 2.27. The van der Waals surface area contributed by atoms with E-state index < -0.39 is 5.60 Å². The first-order valence-corrected chi connectivity index (χ1v) is 6.04. The molecule has 0 bridgehead atoms. The molecule has 17 heavy (non-hydrogen) atoms. The van der Waals surface area contributed by atoms with Gasteiger partial charge in [-0.05, 0) is 34.7 Å². The molecule has 0 amide bonds. The van der Waals surface area contributed by atoms with Gasteiger partial charge in [-0.2, -0.15) is 0 Å². The van der Waals surface area contributed by atoms with Gasteiger partial charge in [0.2, 0.25) is 0 Å². The first-order chi connectivity index (χ1) is 7.82. The summed E-state index contributed by atoms with van der Waals surface area (Å²) in [6, 6.07) is 14.4. The lowest BCUT2D eigenvalue weighted by Gasteiger charge is -2.37. The number of hydrogen-bond donors (Lipinski definition) is 1. The van der Waals surface area contributed by atoms with Crippen molar-refractivity contribution in [2.45, 2.75) is 33.3 Å². The monoisotopic (exact) mass is 228 g/mol. The van der Waals surface area contributed by atoms with E-state index in [4.69, 9.17) is 0 Å². The Morgan fingerprint density at radius 1 is 0.824 bits per heavy atom. The van der Waals surface area contributed by atoms with Gasteiger partial charge in [0.15, 0.2) is 0 Å². The van der Waals surface area contributed by atoms with E-state index in [1.54, 1.807) is 0 Å². The van der Waals surface area contributed by atoms with Gasteiger partial charge in [-0.25, -0.2) is 0 Å². The van der Waals surface area contributed by atoms with Gasteiger partial charge >= 0.3 is 0 Å². The van der Waals surface area contributed by atoms with E-state index in [1.165, 1.54) is 10.8 Å².